The van der Waals surface area contributed by atoms with E-state index in [1.165, 1.54) is 0 Å². The summed E-state index contributed by atoms with van der Waals surface area (Å²) in [6, 6.07) is 2.08. The van der Waals surface area contributed by atoms with Crippen LogP contribution in [0.25, 0.3) is 0 Å². The van der Waals surface area contributed by atoms with Crippen LogP contribution in [-0.4, -0.2) is 11.9 Å². The van der Waals surface area contributed by atoms with Gasteiger partial charge in [-0.3, -0.25) is 4.79 Å². The summed E-state index contributed by atoms with van der Waals surface area (Å²) in [4.78, 5) is 12.0. The van der Waals surface area contributed by atoms with Crippen molar-refractivity contribution in [3.63, 3.8) is 0 Å². The molecule has 0 heterocycles. The van der Waals surface area contributed by atoms with Gasteiger partial charge < -0.3 is 5.32 Å². The first-order chi connectivity index (χ1) is 8.59. The van der Waals surface area contributed by atoms with E-state index in [9.17, 15) is 13.6 Å². The Bertz CT molecular complexity index is 517. The summed E-state index contributed by atoms with van der Waals surface area (Å²) in [5.41, 5.74) is -0.683. The molecule has 0 aliphatic heterocycles. The average Bonchev–Trinajstić information content (AvgIpc) is 2.59. The largest absolute Gasteiger partial charge is 0.348 e. The molecule has 1 amide bonds. The molecule has 0 spiro atoms. The van der Waals surface area contributed by atoms with Crippen molar-refractivity contribution in [1.29, 1.82) is 0 Å². The normalized spacial score (nSPS) is 20.2. The van der Waals surface area contributed by atoms with Crippen molar-refractivity contribution in [2.75, 3.05) is 0 Å². The van der Waals surface area contributed by atoms with Gasteiger partial charge in [0.1, 0.15) is 17.2 Å². The number of rotatable bonds is 2. The summed E-state index contributed by atoms with van der Waals surface area (Å²) >= 11 is 2.98. The molecule has 1 N–H and O–H groups in total. The number of benzene rings is 1. The molecule has 0 radical (unpaired) electrons. The van der Waals surface area contributed by atoms with E-state index in [0.29, 0.717) is 0 Å². The van der Waals surface area contributed by atoms with Crippen molar-refractivity contribution in [2.45, 2.75) is 33.7 Å². The molecule has 19 heavy (non-hydrogen) atoms. The molecule has 5 heteroatoms. The van der Waals surface area contributed by atoms with E-state index in [1.807, 2.05) is 27.7 Å². The van der Waals surface area contributed by atoms with Gasteiger partial charge in [-0.25, -0.2) is 8.78 Å². The van der Waals surface area contributed by atoms with Crippen LogP contribution >= 0.6 is 15.9 Å². The number of amides is 1. The highest BCUT2D eigenvalue weighted by Crippen LogP contribution is 2.62. The summed E-state index contributed by atoms with van der Waals surface area (Å²) in [5.74, 6) is -2.42. The van der Waals surface area contributed by atoms with Crippen molar-refractivity contribution in [2.24, 2.45) is 10.8 Å². The highest BCUT2D eigenvalue weighted by Gasteiger charge is 2.65. The molecule has 0 atom stereocenters. The van der Waals surface area contributed by atoms with E-state index in [4.69, 9.17) is 0 Å². The van der Waals surface area contributed by atoms with Gasteiger partial charge in [0, 0.05) is 10.5 Å². The van der Waals surface area contributed by atoms with Gasteiger partial charge in [-0.05, 0) is 23.0 Å². The molecule has 2 rings (SSSR count). The lowest BCUT2D eigenvalue weighted by molar-refractivity contribution is 0.0935. The molecule has 0 unspecified atom stereocenters. The van der Waals surface area contributed by atoms with E-state index in [1.54, 1.807) is 0 Å². The molecule has 1 aliphatic carbocycles. The Morgan fingerprint density at radius 3 is 1.95 bits per heavy atom. The Labute approximate surface area is 119 Å². The number of hydrogen-bond donors (Lipinski definition) is 1. The van der Waals surface area contributed by atoms with Gasteiger partial charge in [0.05, 0.1) is 0 Å². The third-order valence-corrected chi connectivity index (χ3v) is 4.99. The van der Waals surface area contributed by atoms with Crippen LogP contribution in [0, 0.1) is 22.5 Å². The number of hydrogen-bond acceptors (Lipinski definition) is 1. The second-order valence-corrected chi connectivity index (χ2v) is 7.01. The van der Waals surface area contributed by atoms with Gasteiger partial charge in [0.15, 0.2) is 0 Å². The summed E-state index contributed by atoms with van der Waals surface area (Å²) in [5, 5.41) is 2.72. The minimum absolute atomic E-state index is 0.0784. The molecule has 1 fully saturated rings. The molecule has 1 aliphatic rings. The fourth-order valence-corrected chi connectivity index (χ4v) is 2.92. The Morgan fingerprint density at radius 2 is 1.58 bits per heavy atom. The minimum Gasteiger partial charge on any atom is -0.348 e. The lowest BCUT2D eigenvalue weighted by Gasteiger charge is -2.09. The quantitative estimate of drug-likeness (QED) is 0.875. The molecule has 1 aromatic rings. The lowest BCUT2D eigenvalue weighted by atomic mass is 10.0. The van der Waals surface area contributed by atoms with E-state index in [2.05, 4.69) is 21.2 Å². The third kappa shape index (κ3) is 2.18. The maximum atomic E-state index is 13.7. The first kappa shape index (κ1) is 14.4. The zero-order chi connectivity index (χ0) is 14.6. The molecule has 2 nitrogen and oxygen atoms in total. The van der Waals surface area contributed by atoms with Crippen molar-refractivity contribution >= 4 is 21.8 Å². The second-order valence-electron chi connectivity index (χ2n) is 6.09. The maximum Gasteiger partial charge on any atom is 0.257 e. The Hall–Kier alpha value is -0.970. The maximum absolute atomic E-state index is 13.7. The molecule has 0 saturated heterocycles. The van der Waals surface area contributed by atoms with Gasteiger partial charge in [-0.2, -0.15) is 0 Å². The third-order valence-electron chi connectivity index (χ3n) is 4.53. The van der Waals surface area contributed by atoms with Gasteiger partial charge in [0.2, 0.25) is 0 Å². The van der Waals surface area contributed by atoms with Crippen LogP contribution in [0.3, 0.4) is 0 Å². The van der Waals surface area contributed by atoms with Gasteiger partial charge in [-0.1, -0.05) is 43.6 Å². The second kappa shape index (κ2) is 4.27. The smallest absolute Gasteiger partial charge is 0.257 e. The number of halogens is 3. The van der Waals surface area contributed by atoms with Crippen LogP contribution < -0.4 is 5.32 Å². The zero-order valence-electron chi connectivity index (χ0n) is 11.3. The molecule has 0 bridgehead atoms. The average molecular weight is 332 g/mol. The molecule has 104 valence electrons. The van der Waals surface area contributed by atoms with Crippen molar-refractivity contribution in [3.8, 4) is 0 Å². The topological polar surface area (TPSA) is 29.1 Å². The highest BCUT2D eigenvalue weighted by molar-refractivity contribution is 9.10. The van der Waals surface area contributed by atoms with E-state index < -0.39 is 23.1 Å². The first-order valence-electron chi connectivity index (χ1n) is 6.04. The van der Waals surface area contributed by atoms with Gasteiger partial charge >= 0.3 is 0 Å². The number of nitrogens with one attached hydrogen (secondary N) is 1. The summed E-state index contributed by atoms with van der Waals surface area (Å²) < 4.78 is 27.6. The van der Waals surface area contributed by atoms with E-state index in [-0.39, 0.29) is 21.3 Å². The monoisotopic (exact) mass is 331 g/mol. The van der Waals surface area contributed by atoms with Crippen molar-refractivity contribution in [3.05, 3.63) is 33.8 Å². The number of carbonyl (C=O) groups is 1. The zero-order valence-corrected chi connectivity index (χ0v) is 12.9. The molecular weight excluding hydrogens is 316 g/mol. The first-order valence-corrected chi connectivity index (χ1v) is 6.83. The highest BCUT2D eigenvalue weighted by atomic mass is 79.9. The summed E-state index contributed by atoms with van der Waals surface area (Å²) in [6.07, 6.45) is 0. The van der Waals surface area contributed by atoms with Gasteiger partial charge in [0.25, 0.3) is 5.91 Å². The van der Waals surface area contributed by atoms with E-state index in [0.717, 1.165) is 12.1 Å². The van der Waals surface area contributed by atoms with E-state index >= 15 is 0 Å². The van der Waals surface area contributed by atoms with Crippen LogP contribution in [0.4, 0.5) is 8.78 Å². The van der Waals surface area contributed by atoms with Crippen molar-refractivity contribution < 1.29 is 13.6 Å². The summed E-state index contributed by atoms with van der Waals surface area (Å²) in [6.45, 7) is 8.08. The summed E-state index contributed by atoms with van der Waals surface area (Å²) in [7, 11) is 0. The lowest BCUT2D eigenvalue weighted by Crippen LogP contribution is -2.31. The Balaban J connectivity index is 2.24. The molecular formula is C14H16BrF2NO. The van der Waals surface area contributed by atoms with Crippen LogP contribution in [0.2, 0.25) is 0 Å². The predicted molar refractivity (Wildman–Crippen MR) is 72.9 cm³/mol. The Kier molecular flexibility index (Phi) is 3.24. The minimum atomic E-state index is -0.861. The fourth-order valence-electron chi connectivity index (χ4n) is 2.52. The fraction of sp³-hybridized carbons (Fsp3) is 0.500. The van der Waals surface area contributed by atoms with Crippen molar-refractivity contribution in [1.82, 2.24) is 5.32 Å². The SMILES string of the molecule is CC1(C)C(NC(=O)c2c(F)cc(Br)cc2F)C1(C)C. The molecule has 0 aromatic heterocycles. The number of carbonyl (C=O) groups excluding carboxylic acids is 1. The molecule has 1 saturated carbocycles. The van der Waals surface area contributed by atoms with Gasteiger partial charge in [-0.15, -0.1) is 0 Å². The van der Waals surface area contributed by atoms with Crippen LogP contribution in [-0.2, 0) is 0 Å². The van der Waals surface area contributed by atoms with Crippen LogP contribution in [0.5, 0.6) is 0 Å². The molecule has 1 aromatic carbocycles. The standard InChI is InChI=1S/C14H16BrF2NO/c1-13(2)12(14(13,3)4)18-11(19)10-8(16)5-7(15)6-9(10)17/h5-6,12H,1-4H3,(H,18,19). The van der Waals surface area contributed by atoms with Crippen LogP contribution in [0.1, 0.15) is 38.1 Å². The van der Waals surface area contributed by atoms with Crippen LogP contribution in [0.15, 0.2) is 16.6 Å². The predicted octanol–water partition coefficient (Wildman–Crippen LogP) is 3.89. The Morgan fingerprint density at radius 1 is 1.16 bits per heavy atom.